The second-order valence-corrected chi connectivity index (χ2v) is 8.51. The molecule has 0 heterocycles. The van der Waals surface area contributed by atoms with Crippen LogP contribution in [0.3, 0.4) is 0 Å². The number of nitrogens with one attached hydrogen (secondary N) is 1. The average Bonchev–Trinajstić information content (AvgIpc) is 2.97. The number of rotatable bonds is 5. The van der Waals surface area contributed by atoms with Gasteiger partial charge in [0, 0.05) is 12.1 Å². The van der Waals surface area contributed by atoms with Crippen LogP contribution >= 0.6 is 23.2 Å². The lowest BCUT2D eigenvalue weighted by Crippen LogP contribution is -2.35. The Hall–Kier alpha value is -1.33. The van der Waals surface area contributed by atoms with Crippen LogP contribution < -0.4 is 5.32 Å². The van der Waals surface area contributed by atoms with Gasteiger partial charge in [-0.25, -0.2) is 8.42 Å². The van der Waals surface area contributed by atoms with Crippen LogP contribution in [0.25, 0.3) is 0 Å². The lowest BCUT2D eigenvalue weighted by molar-refractivity contribution is -0.128. The molecule has 0 radical (unpaired) electrons. The zero-order chi connectivity index (χ0) is 17.9. The van der Waals surface area contributed by atoms with E-state index in [9.17, 15) is 13.2 Å². The molecule has 1 fully saturated rings. The fourth-order valence-corrected chi connectivity index (χ4v) is 5.47. The van der Waals surface area contributed by atoms with Crippen molar-refractivity contribution >= 4 is 38.9 Å². The van der Waals surface area contributed by atoms with Crippen LogP contribution in [0.2, 0.25) is 10.0 Å². The Balaban J connectivity index is 2.26. The minimum Gasteiger partial charge on any atom is -0.381 e. The van der Waals surface area contributed by atoms with Gasteiger partial charge in [-0.1, -0.05) is 23.2 Å². The third-order valence-corrected chi connectivity index (χ3v) is 6.97. The van der Waals surface area contributed by atoms with E-state index in [2.05, 4.69) is 5.32 Å². The van der Waals surface area contributed by atoms with Crippen molar-refractivity contribution in [2.45, 2.75) is 29.1 Å². The largest absolute Gasteiger partial charge is 0.381 e. The molecule has 6 nitrogen and oxygen atoms in total. The van der Waals surface area contributed by atoms with Crippen LogP contribution in [0, 0.1) is 17.2 Å². The van der Waals surface area contributed by atoms with E-state index in [4.69, 9.17) is 33.2 Å². The molecular formula is C15H16Cl2N2O4S. The van der Waals surface area contributed by atoms with E-state index in [1.807, 2.05) is 6.07 Å². The van der Waals surface area contributed by atoms with Crippen molar-refractivity contribution in [2.24, 2.45) is 5.92 Å². The smallest absolute Gasteiger partial charge is 0.226 e. The molecule has 1 amide bonds. The van der Waals surface area contributed by atoms with Crippen LogP contribution in [0.4, 0.5) is 0 Å². The number of ether oxygens (including phenoxy) is 1. The zero-order valence-electron chi connectivity index (χ0n) is 12.8. The Morgan fingerprint density at radius 2 is 2.12 bits per heavy atom. The lowest BCUT2D eigenvalue weighted by atomic mass is 10.1. The molecule has 24 heavy (non-hydrogen) atoms. The molecule has 0 aromatic heterocycles. The van der Waals surface area contributed by atoms with Crippen LogP contribution in [0.15, 0.2) is 23.1 Å². The number of nitrogens with zero attached hydrogens (tertiary/aromatic N) is 1. The van der Waals surface area contributed by atoms with E-state index >= 15 is 0 Å². The van der Waals surface area contributed by atoms with E-state index in [1.54, 1.807) is 0 Å². The predicted octanol–water partition coefficient (Wildman–Crippen LogP) is 2.20. The molecule has 1 aromatic rings. The number of methoxy groups -OCH3 is 1. The fourth-order valence-electron chi connectivity index (χ4n) is 2.89. The standard InChI is InChI=1S/C15H16Cl2N2O4S/c1-23-13-8-10(7-11(13)15(20)19-5-4-18)24(21,22)14-3-2-9(16)6-12(14)17/h2-3,6,10-11,13H,5,7-8H2,1H3,(H,19,20). The monoisotopic (exact) mass is 390 g/mol. The van der Waals surface area contributed by atoms with Crippen molar-refractivity contribution in [3.63, 3.8) is 0 Å². The Labute approximate surface area is 150 Å². The summed E-state index contributed by atoms with van der Waals surface area (Å²) < 4.78 is 31.0. The van der Waals surface area contributed by atoms with Gasteiger partial charge in [-0.2, -0.15) is 5.26 Å². The molecule has 130 valence electrons. The summed E-state index contributed by atoms with van der Waals surface area (Å²) in [4.78, 5) is 12.1. The molecule has 3 unspecified atom stereocenters. The van der Waals surface area contributed by atoms with Crippen molar-refractivity contribution in [1.29, 1.82) is 5.26 Å². The van der Waals surface area contributed by atoms with E-state index < -0.39 is 27.1 Å². The van der Waals surface area contributed by atoms with Gasteiger partial charge in [0.1, 0.15) is 6.54 Å². The molecule has 9 heteroatoms. The number of hydrogen-bond donors (Lipinski definition) is 1. The topological polar surface area (TPSA) is 96.3 Å². The minimum absolute atomic E-state index is 0.00787. The summed E-state index contributed by atoms with van der Waals surface area (Å²) in [7, 11) is -2.30. The number of benzene rings is 1. The summed E-state index contributed by atoms with van der Waals surface area (Å²) in [5.41, 5.74) is 0. The maximum absolute atomic E-state index is 12.8. The first-order chi connectivity index (χ1) is 11.3. The Morgan fingerprint density at radius 1 is 1.42 bits per heavy atom. The van der Waals surface area contributed by atoms with Crippen LogP contribution in [-0.2, 0) is 19.4 Å². The van der Waals surface area contributed by atoms with E-state index in [0.29, 0.717) is 5.02 Å². The average molecular weight is 391 g/mol. The second kappa shape index (κ2) is 7.70. The quantitative estimate of drug-likeness (QED) is 0.777. The molecule has 1 aliphatic rings. The molecule has 2 rings (SSSR count). The maximum Gasteiger partial charge on any atom is 0.226 e. The molecule has 0 saturated heterocycles. The van der Waals surface area contributed by atoms with E-state index in [1.165, 1.54) is 25.3 Å². The van der Waals surface area contributed by atoms with Crippen LogP contribution in [0.1, 0.15) is 12.8 Å². The van der Waals surface area contributed by atoms with Gasteiger partial charge in [-0.3, -0.25) is 4.79 Å². The Bertz CT molecular complexity index is 776. The SMILES string of the molecule is COC1CC(S(=O)(=O)c2ccc(Cl)cc2Cl)CC1C(=O)NCC#N. The molecule has 1 saturated carbocycles. The predicted molar refractivity (Wildman–Crippen MR) is 89.6 cm³/mol. The van der Waals surface area contributed by atoms with Gasteiger partial charge in [-0.05, 0) is 31.0 Å². The van der Waals surface area contributed by atoms with Crippen molar-refractivity contribution in [2.75, 3.05) is 13.7 Å². The van der Waals surface area contributed by atoms with E-state index in [0.717, 1.165) is 0 Å². The Morgan fingerprint density at radius 3 is 2.71 bits per heavy atom. The molecule has 1 aromatic carbocycles. The third-order valence-electron chi connectivity index (χ3n) is 4.08. The normalized spacial score (nSPS) is 23.7. The number of hydrogen-bond acceptors (Lipinski definition) is 5. The highest BCUT2D eigenvalue weighted by molar-refractivity contribution is 7.92. The molecule has 0 bridgehead atoms. The number of nitriles is 1. The molecule has 3 atom stereocenters. The summed E-state index contributed by atoms with van der Waals surface area (Å²) in [6.07, 6.45) is -0.242. The minimum atomic E-state index is -3.73. The van der Waals surface area contributed by atoms with Crippen molar-refractivity contribution < 1.29 is 17.9 Å². The molecule has 1 aliphatic carbocycles. The highest BCUT2D eigenvalue weighted by Gasteiger charge is 2.45. The summed E-state index contributed by atoms with van der Waals surface area (Å²) in [5.74, 6) is -1.02. The molecule has 1 N–H and O–H groups in total. The van der Waals surface area contributed by atoms with Crippen molar-refractivity contribution in [1.82, 2.24) is 5.32 Å². The van der Waals surface area contributed by atoms with Gasteiger partial charge in [0.05, 0.1) is 33.3 Å². The lowest BCUT2D eigenvalue weighted by Gasteiger charge is -2.16. The number of amides is 1. The molecule has 0 aliphatic heterocycles. The van der Waals surface area contributed by atoms with E-state index in [-0.39, 0.29) is 35.2 Å². The number of carbonyl (C=O) groups is 1. The van der Waals surface area contributed by atoms with Crippen molar-refractivity contribution in [3.05, 3.63) is 28.2 Å². The van der Waals surface area contributed by atoms with Crippen LogP contribution in [0.5, 0.6) is 0 Å². The third kappa shape index (κ3) is 3.83. The van der Waals surface area contributed by atoms with Crippen LogP contribution in [-0.4, -0.2) is 39.3 Å². The maximum atomic E-state index is 12.8. The van der Waals surface area contributed by atoms with Crippen molar-refractivity contribution in [3.8, 4) is 6.07 Å². The number of halogens is 2. The van der Waals surface area contributed by atoms with Gasteiger partial charge in [0.2, 0.25) is 5.91 Å². The summed E-state index contributed by atoms with van der Waals surface area (Å²) >= 11 is 11.8. The molecule has 0 spiro atoms. The molecular weight excluding hydrogens is 375 g/mol. The number of sulfone groups is 1. The second-order valence-electron chi connectivity index (χ2n) is 5.47. The first-order valence-corrected chi connectivity index (χ1v) is 9.48. The zero-order valence-corrected chi connectivity index (χ0v) is 15.2. The first-order valence-electron chi connectivity index (χ1n) is 7.17. The highest BCUT2D eigenvalue weighted by Crippen LogP contribution is 2.38. The summed E-state index contributed by atoms with van der Waals surface area (Å²) in [6.45, 7) is -0.133. The first kappa shape index (κ1) is 19.0. The number of carbonyl (C=O) groups excluding carboxylic acids is 1. The van der Waals surface area contributed by atoms with Gasteiger partial charge in [0.15, 0.2) is 9.84 Å². The van der Waals surface area contributed by atoms with Gasteiger partial charge < -0.3 is 10.1 Å². The Kier molecular flexibility index (Phi) is 6.10. The summed E-state index contributed by atoms with van der Waals surface area (Å²) in [5, 5.41) is 10.6. The van der Waals surface area contributed by atoms with Gasteiger partial charge >= 0.3 is 0 Å². The fraction of sp³-hybridized carbons (Fsp3) is 0.467. The highest BCUT2D eigenvalue weighted by atomic mass is 35.5. The summed E-state index contributed by atoms with van der Waals surface area (Å²) in [6, 6.07) is 6.01. The van der Waals surface area contributed by atoms with Gasteiger partial charge in [-0.15, -0.1) is 0 Å². The van der Waals surface area contributed by atoms with Gasteiger partial charge in [0.25, 0.3) is 0 Å².